The molecule has 1 unspecified atom stereocenters. The van der Waals surface area contributed by atoms with Crippen LogP contribution in [0.3, 0.4) is 0 Å². The lowest BCUT2D eigenvalue weighted by Crippen LogP contribution is -2.08. The molecule has 1 nitrogen and oxygen atoms in total. The smallest absolute Gasteiger partial charge is 0.0748 e. The summed E-state index contributed by atoms with van der Waals surface area (Å²) in [4.78, 5) is 4.83. The normalized spacial score (nSPS) is 18.7. The highest BCUT2D eigenvalue weighted by Gasteiger charge is 2.32. The van der Waals surface area contributed by atoms with E-state index in [9.17, 15) is 0 Å². The Bertz CT molecular complexity index is 873. The Balaban J connectivity index is 1.79. The first-order valence-corrected chi connectivity index (χ1v) is 12.4. The Morgan fingerprint density at radius 1 is 0.885 bits per heavy atom. The Labute approximate surface area is 161 Å². The molecule has 0 spiro atoms. The highest BCUT2D eigenvalue weighted by atomic mass is 32.1. The van der Waals surface area contributed by atoms with Crippen molar-refractivity contribution in [2.45, 2.75) is 63.7 Å². The van der Waals surface area contributed by atoms with Crippen LogP contribution in [-0.4, -0.2) is 4.98 Å². The Kier molecular flexibility index (Phi) is 4.73. The topological polar surface area (TPSA) is 12.9 Å². The number of thiophene rings is 1. The van der Waals surface area contributed by atoms with E-state index in [1.807, 2.05) is 28.9 Å². The highest BCUT2D eigenvalue weighted by Crippen LogP contribution is 2.62. The summed E-state index contributed by atoms with van der Waals surface area (Å²) >= 11 is 1.96. The van der Waals surface area contributed by atoms with Crippen LogP contribution in [0.15, 0.2) is 41.9 Å². The van der Waals surface area contributed by atoms with Crippen molar-refractivity contribution in [1.29, 1.82) is 0 Å². The number of aromatic nitrogens is 1. The largest absolute Gasteiger partial charge is 0.256 e. The maximum Gasteiger partial charge on any atom is 0.0748 e. The average Bonchev–Trinajstić information content (AvgIpc) is 3.35. The van der Waals surface area contributed by atoms with Gasteiger partial charge in [0, 0.05) is 11.5 Å². The first-order chi connectivity index (χ1) is 12.9. The van der Waals surface area contributed by atoms with Gasteiger partial charge in [0.1, 0.15) is 0 Å². The van der Waals surface area contributed by atoms with Gasteiger partial charge in [-0.25, -0.2) is 0 Å². The van der Waals surface area contributed by atoms with E-state index in [1.165, 1.54) is 63.5 Å². The Morgan fingerprint density at radius 2 is 1.73 bits per heavy atom. The van der Waals surface area contributed by atoms with Gasteiger partial charge in [-0.1, -0.05) is 38.9 Å². The van der Waals surface area contributed by atoms with Crippen molar-refractivity contribution in [1.82, 2.24) is 4.98 Å². The van der Waals surface area contributed by atoms with Crippen molar-refractivity contribution in [3.8, 4) is 15.6 Å². The Morgan fingerprint density at radius 3 is 2.46 bits per heavy atom. The van der Waals surface area contributed by atoms with Gasteiger partial charge < -0.3 is 0 Å². The molecule has 1 atom stereocenters. The fraction of sp³-hybridized carbons (Fsp3) is 0.435. The lowest BCUT2D eigenvalue weighted by molar-refractivity contribution is 0.445. The molecule has 2 aliphatic rings. The lowest BCUT2D eigenvalue weighted by atomic mass is 9.83. The van der Waals surface area contributed by atoms with Crippen molar-refractivity contribution in [2.75, 3.05) is 0 Å². The molecule has 1 saturated carbocycles. The molecule has 0 saturated heterocycles. The van der Waals surface area contributed by atoms with Crippen LogP contribution in [0.5, 0.6) is 0 Å². The molecule has 3 heterocycles. The average molecular weight is 380 g/mol. The quantitative estimate of drug-likeness (QED) is 0.454. The molecule has 3 aromatic rings. The lowest BCUT2D eigenvalue weighted by Gasteiger charge is -2.25. The third-order valence-electron chi connectivity index (χ3n) is 6.15. The van der Waals surface area contributed by atoms with Gasteiger partial charge in [-0.2, -0.15) is 0 Å². The predicted octanol–water partition coefficient (Wildman–Crippen LogP) is 7.71. The van der Waals surface area contributed by atoms with Gasteiger partial charge >= 0.3 is 0 Å². The summed E-state index contributed by atoms with van der Waals surface area (Å²) in [7, 11) is -0.364. The standard InChI is InChI=1S/C23H26NPS/c1-2-9-17(10-3-1)22-18-11-4-5-12-19(18)23(20-13-6-7-15-24-20)25(22)21-14-8-16-26-21/h6-8,13-17H,1-5,9-12H2. The monoisotopic (exact) mass is 379 g/mol. The summed E-state index contributed by atoms with van der Waals surface area (Å²) in [6, 6.07) is 11.1. The van der Waals surface area contributed by atoms with Crippen LogP contribution in [-0.2, 0) is 12.8 Å². The third kappa shape index (κ3) is 2.88. The molecule has 5 rings (SSSR count). The van der Waals surface area contributed by atoms with Crippen molar-refractivity contribution in [3.05, 3.63) is 58.3 Å². The highest BCUT2D eigenvalue weighted by molar-refractivity contribution is 7.67. The van der Waals surface area contributed by atoms with Crippen LogP contribution in [0.4, 0.5) is 0 Å². The SMILES string of the molecule is c1ccc(-c2c3c(c(C4CCCCC4)p2-c2cccs2)CCCC3)nc1. The maximum absolute atomic E-state index is 4.83. The van der Waals surface area contributed by atoms with E-state index in [4.69, 9.17) is 4.98 Å². The molecule has 0 amide bonds. The summed E-state index contributed by atoms with van der Waals surface area (Å²) in [5.41, 5.74) is 4.70. The second-order valence-electron chi connectivity index (χ2n) is 7.73. The van der Waals surface area contributed by atoms with Crippen LogP contribution in [0.2, 0.25) is 0 Å². The molecule has 2 aliphatic carbocycles. The van der Waals surface area contributed by atoms with Crippen LogP contribution in [0, 0.1) is 0 Å². The van der Waals surface area contributed by atoms with E-state index in [0.29, 0.717) is 0 Å². The minimum atomic E-state index is -0.364. The van der Waals surface area contributed by atoms with Crippen LogP contribution in [0.25, 0.3) is 15.6 Å². The van der Waals surface area contributed by atoms with E-state index in [-0.39, 0.29) is 7.53 Å². The zero-order valence-corrected chi connectivity index (χ0v) is 17.0. The number of nitrogens with zero attached hydrogens (tertiary/aromatic N) is 1. The zero-order chi connectivity index (χ0) is 17.3. The minimum Gasteiger partial charge on any atom is -0.256 e. The van der Waals surface area contributed by atoms with E-state index in [2.05, 4.69) is 29.6 Å². The molecular weight excluding hydrogens is 353 g/mol. The van der Waals surface area contributed by atoms with Crippen molar-refractivity contribution < 1.29 is 0 Å². The number of fused-ring (bicyclic) bond motifs is 1. The van der Waals surface area contributed by atoms with Gasteiger partial charge in [-0.3, -0.25) is 4.98 Å². The number of hydrogen-bond acceptors (Lipinski definition) is 2. The zero-order valence-electron chi connectivity index (χ0n) is 15.3. The van der Waals surface area contributed by atoms with Crippen molar-refractivity contribution in [3.63, 3.8) is 0 Å². The van der Waals surface area contributed by atoms with E-state index >= 15 is 0 Å². The molecule has 0 aliphatic heterocycles. The van der Waals surface area contributed by atoms with E-state index in [0.717, 1.165) is 5.92 Å². The minimum absolute atomic E-state index is 0.364. The second-order valence-corrected chi connectivity index (χ2v) is 11.1. The van der Waals surface area contributed by atoms with Crippen LogP contribution in [0.1, 0.15) is 67.3 Å². The fourth-order valence-corrected chi connectivity index (χ4v) is 9.62. The summed E-state index contributed by atoms with van der Waals surface area (Å²) in [6.07, 6.45) is 14.4. The van der Waals surface area contributed by atoms with Gasteiger partial charge in [0.2, 0.25) is 0 Å². The number of pyridine rings is 1. The van der Waals surface area contributed by atoms with Gasteiger partial charge in [0.05, 0.1) is 10.3 Å². The summed E-state index contributed by atoms with van der Waals surface area (Å²) in [6.45, 7) is 0. The van der Waals surface area contributed by atoms with E-state index < -0.39 is 0 Å². The van der Waals surface area contributed by atoms with Crippen molar-refractivity contribution >= 4 is 18.9 Å². The second kappa shape index (κ2) is 7.33. The summed E-state index contributed by atoms with van der Waals surface area (Å²) in [5, 5.41) is 5.74. The third-order valence-corrected chi connectivity index (χ3v) is 10.3. The molecule has 0 bridgehead atoms. The first kappa shape index (κ1) is 16.8. The molecule has 3 heteroatoms. The summed E-state index contributed by atoms with van der Waals surface area (Å²) in [5.74, 6) is 0.821. The maximum atomic E-state index is 4.83. The molecule has 3 aromatic heterocycles. The van der Waals surface area contributed by atoms with Crippen LogP contribution < -0.4 is 0 Å². The van der Waals surface area contributed by atoms with Gasteiger partial charge in [0.15, 0.2) is 0 Å². The molecule has 0 radical (unpaired) electrons. The summed E-state index contributed by atoms with van der Waals surface area (Å²) < 4.78 is 1.59. The van der Waals surface area contributed by atoms with Crippen molar-refractivity contribution in [2.24, 2.45) is 0 Å². The fourth-order valence-electron chi connectivity index (χ4n) is 5.04. The Hall–Kier alpha value is -1.37. The van der Waals surface area contributed by atoms with Gasteiger partial charge in [-0.05, 0) is 84.4 Å². The van der Waals surface area contributed by atoms with E-state index in [1.54, 1.807) is 21.0 Å². The molecule has 134 valence electrons. The first-order valence-electron chi connectivity index (χ1n) is 10.1. The molecule has 1 fully saturated rings. The predicted molar refractivity (Wildman–Crippen MR) is 114 cm³/mol. The van der Waals surface area contributed by atoms with Gasteiger partial charge in [-0.15, -0.1) is 11.3 Å². The number of rotatable bonds is 3. The molecule has 0 N–H and O–H groups in total. The molecular formula is C23H26NPS. The molecule has 0 aromatic carbocycles. The van der Waals surface area contributed by atoms with Gasteiger partial charge in [0.25, 0.3) is 0 Å². The van der Waals surface area contributed by atoms with Crippen LogP contribution >= 0.6 is 18.9 Å². The number of hydrogen-bond donors (Lipinski definition) is 0. The molecule has 26 heavy (non-hydrogen) atoms.